The molecule has 51 heavy (non-hydrogen) atoms. The highest BCUT2D eigenvalue weighted by Crippen LogP contribution is 2.64. The van der Waals surface area contributed by atoms with Crippen molar-refractivity contribution in [2.24, 2.45) is 0 Å². The molecule has 3 N–H and O–H groups in total. The maximum absolute atomic E-state index is 13.6. The quantitative estimate of drug-likeness (QED) is 0.173. The molecule has 4 bridgehead atoms. The minimum absolute atomic E-state index is 0.0805. The van der Waals surface area contributed by atoms with E-state index in [-0.39, 0.29) is 42.4 Å². The molecule has 14 nitrogen and oxygen atoms in total. The van der Waals surface area contributed by atoms with Gasteiger partial charge >= 0.3 is 18.0 Å². The summed E-state index contributed by atoms with van der Waals surface area (Å²) in [6, 6.07) is -0.142. The van der Waals surface area contributed by atoms with Crippen molar-refractivity contribution in [3.63, 3.8) is 0 Å². The van der Waals surface area contributed by atoms with Gasteiger partial charge in [-0.2, -0.15) is 5.26 Å². The molecule has 272 valence electrons. The Labute approximate surface area is 311 Å². The Morgan fingerprint density at radius 1 is 1.14 bits per heavy atom. The van der Waals surface area contributed by atoms with E-state index in [9.17, 15) is 29.9 Å². The molecule has 1 fully saturated rings. The molecule has 2 aromatic rings. The number of esters is 2. The molecule has 2 aromatic carbocycles. The number of phenols is 2. The number of amides is 1. The third-order valence-electron chi connectivity index (χ3n) is 10.1. The van der Waals surface area contributed by atoms with Gasteiger partial charge in [-0.3, -0.25) is 14.6 Å². The number of alkyl carbamates (subject to hydrolysis) is 1. The zero-order valence-corrected chi connectivity index (χ0v) is 30.8. The molecule has 5 aliphatic heterocycles. The Kier molecular flexibility index (Phi) is 9.25. The third kappa shape index (κ3) is 5.93. The predicted molar refractivity (Wildman–Crippen MR) is 184 cm³/mol. The predicted octanol–water partition coefficient (Wildman–Crippen LogP) is 4.39. The first kappa shape index (κ1) is 35.9. The third-order valence-corrected chi connectivity index (χ3v) is 11.9. The fourth-order valence-electron chi connectivity index (χ4n) is 8.15. The van der Waals surface area contributed by atoms with Gasteiger partial charge in [0, 0.05) is 47.0 Å². The van der Waals surface area contributed by atoms with Crippen molar-refractivity contribution in [2.75, 3.05) is 32.8 Å². The van der Waals surface area contributed by atoms with Crippen LogP contribution in [-0.2, 0) is 25.5 Å². The van der Waals surface area contributed by atoms with E-state index < -0.39 is 63.9 Å². The molecule has 0 unspecified atom stereocenters. The number of hydrogen-bond donors (Lipinski definition) is 3. The molecule has 5 heterocycles. The molecule has 0 aromatic heterocycles. The summed E-state index contributed by atoms with van der Waals surface area (Å²) >= 11 is 18.5. The Morgan fingerprint density at radius 3 is 2.55 bits per heavy atom. The van der Waals surface area contributed by atoms with Crippen LogP contribution < -0.4 is 19.5 Å². The van der Waals surface area contributed by atoms with E-state index in [0.717, 1.165) is 5.56 Å². The lowest BCUT2D eigenvalue weighted by molar-refractivity contribution is -0.151. The van der Waals surface area contributed by atoms with Gasteiger partial charge in [0.2, 0.25) is 10.6 Å². The van der Waals surface area contributed by atoms with Crippen molar-refractivity contribution in [3.8, 4) is 34.8 Å². The molecule has 7 rings (SSSR count). The van der Waals surface area contributed by atoms with E-state index in [1.165, 1.54) is 18.7 Å². The zero-order valence-electron chi connectivity index (χ0n) is 27.7. The summed E-state index contributed by atoms with van der Waals surface area (Å²) in [5, 5.41) is 35.2. The number of piperazine rings is 1. The number of hydrogen-bond acceptors (Lipinski definition) is 14. The second-order valence-electron chi connectivity index (χ2n) is 13.1. The van der Waals surface area contributed by atoms with Crippen LogP contribution in [0.4, 0.5) is 4.79 Å². The number of benzene rings is 2. The lowest BCUT2D eigenvalue weighted by Crippen LogP contribution is -2.69. The van der Waals surface area contributed by atoms with Crippen molar-refractivity contribution in [3.05, 3.63) is 39.4 Å². The molecule has 0 radical (unpaired) electrons. The molecule has 5 aliphatic rings. The molecule has 1 amide bonds. The Bertz CT molecular complexity index is 1890. The van der Waals surface area contributed by atoms with E-state index >= 15 is 0 Å². The van der Waals surface area contributed by atoms with Gasteiger partial charge in [0.25, 0.3) is 0 Å². The Balaban J connectivity index is 1.45. The number of aryl methyl sites for hydroxylation is 1. The Hall–Kier alpha value is -3.52. The molecular weight excluding hydrogens is 751 g/mol. The zero-order chi connectivity index (χ0) is 36.7. The largest absolute Gasteiger partial charge is 0.504 e. The molecule has 0 aliphatic carbocycles. The standard InChI is InChI=1S/C33H33Cl3N4O10S/c1-12-5-15-6-17-18(7-37)40-19-8-46-31(44)16(38-32(45)47-10-33(34,35)36)9-51-30(24(40)23(39(17)4)20(15)26(43)25(12)42)22-21(19)29-28(48-11-49-29)13(2)27(22)50-14(3)41/h5,16-19,23-24,30,42-43H,6,8-11H2,1-4H3,(H,38,45)/t16-,17-,18-,19-,23-,24+,30+/m0/s1. The maximum atomic E-state index is 13.6. The second-order valence-corrected chi connectivity index (χ2v) is 16.8. The monoisotopic (exact) mass is 782 g/mol. The number of alkyl halides is 3. The van der Waals surface area contributed by atoms with E-state index in [0.29, 0.717) is 45.7 Å². The highest BCUT2D eigenvalue weighted by atomic mass is 35.6. The first-order valence-corrected chi connectivity index (χ1v) is 18.2. The number of fused-ring (bicyclic) bond motifs is 9. The average Bonchev–Trinajstić information content (AvgIpc) is 3.56. The maximum Gasteiger partial charge on any atom is 0.408 e. The molecule has 7 atom stereocenters. The smallest absolute Gasteiger partial charge is 0.408 e. The number of phenolic OH excluding ortho intramolecular Hbond substituents is 2. The number of ether oxygens (including phenoxy) is 5. The number of rotatable bonds is 3. The SMILES string of the molecule is CC(=O)Oc1c(C)c2c(c3c1[C@H]1SC[C@H](NC(=O)OCC(Cl)(Cl)Cl)C(=O)OC[C@@H]3N3[C@@H]1[C@@H]1c4c(cc(C)c(O)c4O)C[C@@H]([C@@H]3C#N)N1C)OCO2. The molecule has 0 spiro atoms. The van der Waals surface area contributed by atoms with Gasteiger partial charge < -0.3 is 39.2 Å². The highest BCUT2D eigenvalue weighted by molar-refractivity contribution is 7.99. The summed E-state index contributed by atoms with van der Waals surface area (Å²) in [4.78, 5) is 43.1. The van der Waals surface area contributed by atoms with Gasteiger partial charge in [-0.05, 0) is 38.4 Å². The van der Waals surface area contributed by atoms with Gasteiger partial charge in [-0.15, -0.1) is 11.8 Å². The van der Waals surface area contributed by atoms with Gasteiger partial charge in [0.1, 0.15) is 31.0 Å². The van der Waals surface area contributed by atoms with Crippen molar-refractivity contribution < 1.29 is 48.3 Å². The van der Waals surface area contributed by atoms with Gasteiger partial charge in [-0.25, -0.2) is 9.59 Å². The lowest BCUT2D eigenvalue weighted by Gasteiger charge is -2.61. The van der Waals surface area contributed by atoms with E-state index in [1.807, 2.05) is 22.9 Å². The summed E-state index contributed by atoms with van der Waals surface area (Å²) in [7, 11) is 1.87. The average molecular weight is 784 g/mol. The number of nitrogens with one attached hydrogen (secondary N) is 1. The van der Waals surface area contributed by atoms with Crippen LogP contribution in [0.2, 0.25) is 0 Å². The minimum Gasteiger partial charge on any atom is -0.504 e. The number of aromatic hydroxyl groups is 2. The second kappa shape index (κ2) is 13.2. The van der Waals surface area contributed by atoms with Crippen LogP contribution in [0.5, 0.6) is 28.7 Å². The summed E-state index contributed by atoms with van der Waals surface area (Å²) in [5.41, 5.74) is 3.39. The minimum atomic E-state index is -1.89. The number of nitrogens with zero attached hydrogens (tertiary/aromatic N) is 3. The number of nitriles is 1. The van der Waals surface area contributed by atoms with Gasteiger partial charge in [0.15, 0.2) is 23.0 Å². The number of carbonyl (C=O) groups is 3. The summed E-state index contributed by atoms with van der Waals surface area (Å²) in [5.74, 6) is -0.984. The fraction of sp³-hybridized carbons (Fsp3) is 0.515. The first-order valence-electron chi connectivity index (χ1n) is 16.0. The first-order chi connectivity index (χ1) is 24.1. The lowest BCUT2D eigenvalue weighted by atomic mass is 9.71. The fourth-order valence-corrected chi connectivity index (χ4v) is 9.82. The van der Waals surface area contributed by atoms with Crippen molar-refractivity contribution in [1.82, 2.24) is 15.1 Å². The van der Waals surface area contributed by atoms with Crippen LogP contribution >= 0.6 is 46.6 Å². The molecule has 0 saturated carbocycles. The Morgan fingerprint density at radius 2 is 1.86 bits per heavy atom. The summed E-state index contributed by atoms with van der Waals surface area (Å²) in [6.07, 6.45) is -0.628. The molecular formula is C33H33Cl3N4O10S. The van der Waals surface area contributed by atoms with E-state index in [4.69, 9.17) is 58.5 Å². The number of carbonyl (C=O) groups excluding carboxylic acids is 3. The number of cyclic esters (lactones) is 1. The van der Waals surface area contributed by atoms with Gasteiger partial charge in [0.05, 0.1) is 23.4 Å². The van der Waals surface area contributed by atoms with Crippen molar-refractivity contribution in [2.45, 2.75) is 72.5 Å². The topological polar surface area (TPSA) is 180 Å². The molecule has 18 heteroatoms. The van der Waals surface area contributed by atoms with Crippen LogP contribution in [0.1, 0.15) is 57.6 Å². The van der Waals surface area contributed by atoms with E-state index in [1.54, 1.807) is 13.8 Å². The van der Waals surface area contributed by atoms with Crippen molar-refractivity contribution in [1.29, 1.82) is 5.26 Å². The number of halogens is 3. The summed E-state index contributed by atoms with van der Waals surface area (Å²) in [6.45, 7) is 3.73. The van der Waals surface area contributed by atoms with Gasteiger partial charge in [-0.1, -0.05) is 40.9 Å². The van der Waals surface area contributed by atoms with E-state index in [2.05, 4.69) is 11.4 Å². The van der Waals surface area contributed by atoms with Crippen LogP contribution in [0, 0.1) is 25.2 Å². The van der Waals surface area contributed by atoms with Crippen LogP contribution in [0.15, 0.2) is 6.07 Å². The van der Waals surface area contributed by atoms with Crippen LogP contribution in [0.3, 0.4) is 0 Å². The highest BCUT2D eigenvalue weighted by Gasteiger charge is 2.60. The van der Waals surface area contributed by atoms with Crippen molar-refractivity contribution >= 4 is 64.6 Å². The van der Waals surface area contributed by atoms with Crippen LogP contribution in [-0.4, -0.2) is 98.8 Å². The normalized spacial score (nSPS) is 28.0. The molecule has 1 saturated heterocycles. The number of thioether (sulfide) groups is 1. The number of likely N-dealkylation sites (N-methyl/N-ethyl adjacent to an activating group) is 1. The summed E-state index contributed by atoms with van der Waals surface area (Å²) < 4.78 is 27.0. The van der Waals surface area contributed by atoms with Crippen LogP contribution in [0.25, 0.3) is 0 Å².